The van der Waals surface area contributed by atoms with E-state index in [4.69, 9.17) is 0 Å². The molecule has 0 spiro atoms. The lowest BCUT2D eigenvalue weighted by molar-refractivity contribution is -0.115. The Labute approximate surface area is 296 Å². The van der Waals surface area contributed by atoms with Gasteiger partial charge in [-0.15, -0.1) is 0 Å². The first-order chi connectivity index (χ1) is 24.2. The average molecular weight is 701 g/mol. The minimum atomic E-state index is -0.217. The molecule has 0 aliphatic carbocycles. The SMILES string of the molecule is CC(=O)Nc1ccc(C(=O)NCc2ccc(SSc3ccc(CNC(=O)c4ccc(NC(C)=O)cc4)c4cccnc34)c3ncccc23)cc1. The first kappa shape index (κ1) is 34.2. The van der Waals surface area contributed by atoms with E-state index in [9.17, 15) is 19.2 Å². The molecule has 250 valence electrons. The number of carbonyl (C=O) groups is 4. The van der Waals surface area contributed by atoms with Gasteiger partial charge < -0.3 is 21.3 Å². The summed E-state index contributed by atoms with van der Waals surface area (Å²) in [6.07, 6.45) is 3.51. The molecule has 0 unspecified atom stereocenters. The number of nitrogens with one attached hydrogen (secondary N) is 4. The van der Waals surface area contributed by atoms with Crippen molar-refractivity contribution in [3.63, 3.8) is 0 Å². The van der Waals surface area contributed by atoms with Gasteiger partial charge in [-0.05, 0) is 83.9 Å². The Kier molecular flexibility index (Phi) is 10.7. The largest absolute Gasteiger partial charge is 0.348 e. The lowest BCUT2D eigenvalue weighted by Crippen LogP contribution is -2.23. The van der Waals surface area contributed by atoms with Crippen molar-refractivity contribution < 1.29 is 19.2 Å². The van der Waals surface area contributed by atoms with Gasteiger partial charge in [0.25, 0.3) is 11.8 Å². The summed E-state index contributed by atoms with van der Waals surface area (Å²) in [7, 11) is 3.16. The van der Waals surface area contributed by atoms with Crippen molar-refractivity contribution in [2.24, 2.45) is 0 Å². The van der Waals surface area contributed by atoms with Gasteiger partial charge in [0.15, 0.2) is 0 Å². The normalized spacial score (nSPS) is 10.8. The van der Waals surface area contributed by atoms with Gasteiger partial charge in [0.2, 0.25) is 11.8 Å². The number of carbonyl (C=O) groups excluding carboxylic acids is 4. The molecule has 0 aliphatic heterocycles. The molecule has 2 heterocycles. The predicted octanol–water partition coefficient (Wildman–Crippen LogP) is 7.36. The number of nitrogens with zero attached hydrogens (tertiary/aromatic N) is 2. The van der Waals surface area contributed by atoms with Crippen LogP contribution in [0.5, 0.6) is 0 Å². The minimum Gasteiger partial charge on any atom is -0.348 e. The van der Waals surface area contributed by atoms with E-state index in [0.29, 0.717) is 35.6 Å². The number of hydrogen-bond acceptors (Lipinski definition) is 8. The topological polar surface area (TPSA) is 142 Å². The fourth-order valence-corrected chi connectivity index (χ4v) is 7.57. The number of rotatable bonds is 11. The summed E-state index contributed by atoms with van der Waals surface area (Å²) < 4.78 is 0. The molecule has 4 aromatic carbocycles. The van der Waals surface area contributed by atoms with Gasteiger partial charge in [0.1, 0.15) is 0 Å². The van der Waals surface area contributed by atoms with Crippen molar-refractivity contribution in [2.75, 3.05) is 10.6 Å². The van der Waals surface area contributed by atoms with Gasteiger partial charge in [0.05, 0.1) is 11.0 Å². The van der Waals surface area contributed by atoms with E-state index in [2.05, 4.69) is 31.2 Å². The van der Waals surface area contributed by atoms with Gasteiger partial charge in [-0.25, -0.2) is 0 Å². The van der Waals surface area contributed by atoms with Crippen molar-refractivity contribution in [1.82, 2.24) is 20.6 Å². The van der Waals surface area contributed by atoms with Crippen LogP contribution in [0.25, 0.3) is 21.8 Å². The molecule has 4 N–H and O–H groups in total. The molecule has 6 aromatic rings. The third-order valence-electron chi connectivity index (χ3n) is 7.68. The molecule has 0 saturated carbocycles. The van der Waals surface area contributed by atoms with Crippen LogP contribution in [0.1, 0.15) is 45.7 Å². The van der Waals surface area contributed by atoms with Crippen LogP contribution in [0.2, 0.25) is 0 Å². The summed E-state index contributed by atoms with van der Waals surface area (Å²) in [5, 5.41) is 13.3. The first-order valence-electron chi connectivity index (χ1n) is 15.6. The molecule has 0 saturated heterocycles. The van der Waals surface area contributed by atoms with Crippen LogP contribution < -0.4 is 21.3 Å². The summed E-state index contributed by atoms with van der Waals surface area (Å²) in [6.45, 7) is 3.51. The lowest BCUT2D eigenvalue weighted by Gasteiger charge is -2.13. The minimum absolute atomic E-state index is 0.172. The number of pyridine rings is 2. The van der Waals surface area contributed by atoms with Crippen LogP contribution in [-0.4, -0.2) is 33.6 Å². The van der Waals surface area contributed by atoms with E-state index in [1.807, 2.05) is 48.5 Å². The Morgan fingerprint density at radius 1 is 0.540 bits per heavy atom. The molecule has 0 fully saturated rings. The number of amides is 4. The van der Waals surface area contributed by atoms with Crippen molar-refractivity contribution in [1.29, 1.82) is 0 Å². The highest BCUT2D eigenvalue weighted by atomic mass is 33.1. The van der Waals surface area contributed by atoms with Crippen LogP contribution in [0, 0.1) is 0 Å². The van der Waals surface area contributed by atoms with Gasteiger partial charge in [0, 0.05) is 82.4 Å². The summed E-state index contributed by atoms with van der Waals surface area (Å²) in [4.78, 5) is 59.6. The zero-order valence-corrected chi connectivity index (χ0v) is 28.8. The van der Waals surface area contributed by atoms with Crippen molar-refractivity contribution >= 4 is 78.4 Å². The quantitative estimate of drug-likeness (QED) is 0.103. The number of fused-ring (bicyclic) bond motifs is 2. The Morgan fingerprint density at radius 3 is 1.32 bits per heavy atom. The molecule has 10 nitrogen and oxygen atoms in total. The van der Waals surface area contributed by atoms with Gasteiger partial charge >= 0.3 is 0 Å². The van der Waals surface area contributed by atoms with Crippen LogP contribution >= 0.6 is 21.6 Å². The number of hydrogen-bond donors (Lipinski definition) is 4. The lowest BCUT2D eigenvalue weighted by atomic mass is 10.1. The third kappa shape index (κ3) is 8.28. The van der Waals surface area contributed by atoms with E-state index >= 15 is 0 Å². The van der Waals surface area contributed by atoms with Crippen LogP contribution in [-0.2, 0) is 22.7 Å². The second-order valence-electron chi connectivity index (χ2n) is 11.3. The van der Waals surface area contributed by atoms with Crippen molar-refractivity contribution in [2.45, 2.75) is 36.7 Å². The van der Waals surface area contributed by atoms with Crippen molar-refractivity contribution in [3.05, 3.63) is 132 Å². The highest BCUT2D eigenvalue weighted by molar-refractivity contribution is 8.76. The second kappa shape index (κ2) is 15.7. The van der Waals surface area contributed by atoms with E-state index in [0.717, 1.165) is 42.7 Å². The van der Waals surface area contributed by atoms with E-state index < -0.39 is 0 Å². The maximum absolute atomic E-state index is 12.9. The Hall–Kier alpha value is -5.72. The monoisotopic (exact) mass is 700 g/mol. The standard InChI is InChI=1S/C38H32N6O4S2/c1-23(45)43-29-13-7-25(8-14-29)37(47)41-21-27-11-17-33(35-31(27)5-3-19-39-35)49-50-34-18-12-28(32-6-4-20-40-36(32)34)22-42-38(48)26-9-15-30(16-10-26)44-24(2)46/h3-20H,21-22H2,1-2H3,(H,41,47)(H,42,48)(H,43,45)(H,44,46). The molecule has 12 heteroatoms. The molecule has 4 amide bonds. The number of aromatic nitrogens is 2. The predicted molar refractivity (Wildman–Crippen MR) is 199 cm³/mol. The molecular weight excluding hydrogens is 669 g/mol. The molecule has 50 heavy (non-hydrogen) atoms. The summed E-state index contributed by atoms with van der Waals surface area (Å²) in [5.74, 6) is -0.779. The highest BCUT2D eigenvalue weighted by Gasteiger charge is 2.14. The van der Waals surface area contributed by atoms with E-state index in [1.165, 1.54) is 13.8 Å². The van der Waals surface area contributed by atoms with Gasteiger partial charge in [-0.1, -0.05) is 45.9 Å². The summed E-state index contributed by atoms with van der Waals surface area (Å²) in [5.41, 5.74) is 5.79. The second-order valence-corrected chi connectivity index (χ2v) is 13.5. The van der Waals surface area contributed by atoms with Crippen LogP contribution in [0.4, 0.5) is 11.4 Å². The maximum atomic E-state index is 12.9. The van der Waals surface area contributed by atoms with E-state index in [1.54, 1.807) is 82.5 Å². The molecular formula is C38H32N6O4S2. The summed E-state index contributed by atoms with van der Waals surface area (Å²) >= 11 is 0. The van der Waals surface area contributed by atoms with E-state index in [-0.39, 0.29) is 23.6 Å². The Morgan fingerprint density at radius 2 is 0.940 bits per heavy atom. The first-order valence-corrected chi connectivity index (χ1v) is 17.8. The van der Waals surface area contributed by atoms with Gasteiger partial charge in [-0.2, -0.15) is 0 Å². The fourth-order valence-electron chi connectivity index (χ4n) is 5.32. The van der Waals surface area contributed by atoms with Gasteiger partial charge in [-0.3, -0.25) is 29.1 Å². The smallest absolute Gasteiger partial charge is 0.251 e. The molecule has 0 radical (unpaired) electrons. The highest BCUT2D eigenvalue weighted by Crippen LogP contribution is 2.43. The molecule has 0 aliphatic rings. The Bertz CT molecular complexity index is 2070. The molecule has 0 atom stereocenters. The average Bonchev–Trinajstić information content (AvgIpc) is 3.12. The number of benzene rings is 4. The van der Waals surface area contributed by atoms with Crippen LogP contribution in [0.3, 0.4) is 0 Å². The van der Waals surface area contributed by atoms with Crippen LogP contribution in [0.15, 0.2) is 119 Å². The summed E-state index contributed by atoms with van der Waals surface area (Å²) in [6, 6.07) is 29.3. The molecule has 6 rings (SSSR count). The third-order valence-corrected chi connectivity index (χ3v) is 10.1. The Balaban J connectivity index is 1.12. The van der Waals surface area contributed by atoms with Crippen molar-refractivity contribution in [3.8, 4) is 0 Å². The molecule has 0 bridgehead atoms. The fraction of sp³-hybridized carbons (Fsp3) is 0.105. The molecule has 2 aromatic heterocycles. The zero-order chi connectivity index (χ0) is 35.0. The number of anilines is 2. The maximum Gasteiger partial charge on any atom is 0.251 e. The zero-order valence-electron chi connectivity index (χ0n) is 27.2.